The van der Waals surface area contributed by atoms with Gasteiger partial charge in [-0.25, -0.2) is 17.5 Å². The van der Waals surface area contributed by atoms with E-state index < -0.39 is 21.9 Å². The lowest BCUT2D eigenvalue weighted by Crippen LogP contribution is -2.33. The Hall–Kier alpha value is -2.67. The standard InChI is InChI=1S/C19H17NO5S/c21-18-16-6-1-2-7-17(16)26(23,24)20(18)10-11-25-19(22)15-9-8-13-4-3-5-14(13)12-15/h1-2,6-9,12H,3-5,10-11H2. The molecule has 1 aliphatic heterocycles. The van der Waals surface area contributed by atoms with Crippen LogP contribution in [0.4, 0.5) is 0 Å². The van der Waals surface area contributed by atoms with Crippen LogP contribution in [-0.2, 0) is 27.6 Å². The van der Waals surface area contributed by atoms with Gasteiger partial charge in [-0.2, -0.15) is 0 Å². The van der Waals surface area contributed by atoms with E-state index in [1.165, 1.54) is 17.7 Å². The fraction of sp³-hybridized carbons (Fsp3) is 0.263. The van der Waals surface area contributed by atoms with Crippen molar-refractivity contribution in [3.63, 3.8) is 0 Å². The molecule has 0 bridgehead atoms. The number of esters is 1. The maximum atomic E-state index is 12.4. The molecule has 0 saturated heterocycles. The Kier molecular flexibility index (Phi) is 4.03. The van der Waals surface area contributed by atoms with Gasteiger partial charge in [0.2, 0.25) is 0 Å². The van der Waals surface area contributed by atoms with Crippen LogP contribution in [-0.4, -0.2) is 37.8 Å². The predicted molar refractivity (Wildman–Crippen MR) is 93.4 cm³/mol. The molecule has 2 aromatic carbocycles. The lowest BCUT2D eigenvalue weighted by molar-refractivity contribution is 0.0477. The van der Waals surface area contributed by atoms with Gasteiger partial charge in [0.1, 0.15) is 11.5 Å². The van der Waals surface area contributed by atoms with Gasteiger partial charge in [-0.3, -0.25) is 4.79 Å². The second kappa shape index (κ2) is 6.25. The molecule has 0 aromatic heterocycles. The van der Waals surface area contributed by atoms with Gasteiger partial charge in [0.25, 0.3) is 15.9 Å². The Morgan fingerprint density at radius 2 is 1.85 bits per heavy atom. The molecule has 4 rings (SSSR count). The van der Waals surface area contributed by atoms with Crippen molar-refractivity contribution in [3.05, 3.63) is 64.7 Å². The third-order valence-corrected chi connectivity index (χ3v) is 6.61. The first-order chi connectivity index (χ1) is 12.5. The van der Waals surface area contributed by atoms with Crippen molar-refractivity contribution in [3.8, 4) is 0 Å². The SMILES string of the molecule is O=C(OCCN1C(=O)c2ccccc2S1(=O)=O)c1ccc2c(c1)CCC2. The molecule has 2 aromatic rings. The number of rotatable bonds is 4. The molecule has 0 spiro atoms. The summed E-state index contributed by atoms with van der Waals surface area (Å²) in [5.41, 5.74) is 3.02. The summed E-state index contributed by atoms with van der Waals surface area (Å²) in [4.78, 5) is 24.5. The number of hydrogen-bond acceptors (Lipinski definition) is 5. The third kappa shape index (κ3) is 2.68. The van der Waals surface area contributed by atoms with Crippen LogP contribution in [0.2, 0.25) is 0 Å². The van der Waals surface area contributed by atoms with Gasteiger partial charge >= 0.3 is 5.97 Å². The molecule has 0 unspecified atom stereocenters. The van der Waals surface area contributed by atoms with E-state index in [4.69, 9.17) is 4.74 Å². The molecule has 0 fully saturated rings. The van der Waals surface area contributed by atoms with Crippen molar-refractivity contribution < 1.29 is 22.7 Å². The lowest BCUT2D eigenvalue weighted by Gasteiger charge is -2.15. The number of hydrogen-bond donors (Lipinski definition) is 0. The second-order valence-corrected chi connectivity index (χ2v) is 8.18. The number of fused-ring (bicyclic) bond motifs is 2. The minimum absolute atomic E-state index is 0.00468. The van der Waals surface area contributed by atoms with Gasteiger partial charge in [0, 0.05) is 0 Å². The van der Waals surface area contributed by atoms with E-state index in [0.29, 0.717) is 5.56 Å². The Morgan fingerprint density at radius 1 is 1.08 bits per heavy atom. The van der Waals surface area contributed by atoms with Gasteiger partial charge in [-0.1, -0.05) is 18.2 Å². The molecule has 1 amide bonds. The molecule has 0 N–H and O–H groups in total. The molecule has 0 atom stereocenters. The zero-order valence-corrected chi connectivity index (χ0v) is 14.8. The fourth-order valence-corrected chi connectivity index (χ4v) is 5.01. The maximum absolute atomic E-state index is 12.4. The predicted octanol–water partition coefficient (Wildman–Crippen LogP) is 2.18. The highest BCUT2D eigenvalue weighted by atomic mass is 32.2. The summed E-state index contributed by atoms with van der Waals surface area (Å²) in [6.07, 6.45) is 3.07. The molecule has 26 heavy (non-hydrogen) atoms. The molecule has 134 valence electrons. The Balaban J connectivity index is 1.42. The first kappa shape index (κ1) is 16.8. The minimum Gasteiger partial charge on any atom is -0.460 e. The number of carbonyl (C=O) groups excluding carboxylic acids is 2. The summed E-state index contributed by atoms with van der Waals surface area (Å²) < 4.78 is 30.8. The van der Waals surface area contributed by atoms with E-state index in [1.807, 2.05) is 12.1 Å². The Labute approximate surface area is 151 Å². The van der Waals surface area contributed by atoms with E-state index in [0.717, 1.165) is 29.1 Å². The zero-order chi connectivity index (χ0) is 18.3. The number of nitrogens with zero attached hydrogens (tertiary/aromatic N) is 1. The van der Waals surface area contributed by atoms with Crippen molar-refractivity contribution in [2.75, 3.05) is 13.2 Å². The first-order valence-corrected chi connectivity index (χ1v) is 9.87. The van der Waals surface area contributed by atoms with Gasteiger partial charge in [0.15, 0.2) is 0 Å². The normalized spacial score (nSPS) is 17.1. The molecule has 1 aliphatic carbocycles. The number of benzene rings is 2. The van der Waals surface area contributed by atoms with Crippen LogP contribution >= 0.6 is 0 Å². The van der Waals surface area contributed by atoms with Gasteiger partial charge in [-0.15, -0.1) is 0 Å². The van der Waals surface area contributed by atoms with Crippen LogP contribution in [0.3, 0.4) is 0 Å². The van der Waals surface area contributed by atoms with Crippen molar-refractivity contribution >= 4 is 21.9 Å². The first-order valence-electron chi connectivity index (χ1n) is 8.43. The smallest absolute Gasteiger partial charge is 0.338 e. The molecule has 1 heterocycles. The molecular weight excluding hydrogens is 354 g/mol. The quantitative estimate of drug-likeness (QED) is 0.770. The molecule has 2 aliphatic rings. The average Bonchev–Trinajstić information content (AvgIpc) is 3.18. The molecule has 0 saturated carbocycles. The van der Waals surface area contributed by atoms with Crippen molar-refractivity contribution in [2.45, 2.75) is 24.2 Å². The van der Waals surface area contributed by atoms with Crippen molar-refractivity contribution in [2.24, 2.45) is 0 Å². The van der Waals surface area contributed by atoms with Gasteiger partial charge < -0.3 is 4.74 Å². The van der Waals surface area contributed by atoms with Crippen LogP contribution in [0.15, 0.2) is 47.4 Å². The van der Waals surface area contributed by atoms with E-state index in [2.05, 4.69) is 0 Å². The van der Waals surface area contributed by atoms with E-state index >= 15 is 0 Å². The van der Waals surface area contributed by atoms with Gasteiger partial charge in [0.05, 0.1) is 17.7 Å². The Morgan fingerprint density at radius 3 is 2.65 bits per heavy atom. The summed E-state index contributed by atoms with van der Waals surface area (Å²) >= 11 is 0. The topological polar surface area (TPSA) is 80.8 Å². The minimum atomic E-state index is -3.87. The maximum Gasteiger partial charge on any atom is 0.338 e. The summed E-state index contributed by atoms with van der Waals surface area (Å²) in [6.45, 7) is -0.387. The molecular formula is C19H17NO5S. The van der Waals surface area contributed by atoms with Crippen LogP contribution in [0, 0.1) is 0 Å². The molecule has 0 radical (unpaired) electrons. The molecule has 7 heteroatoms. The molecule has 6 nitrogen and oxygen atoms in total. The monoisotopic (exact) mass is 371 g/mol. The Bertz CT molecular complexity index is 1010. The average molecular weight is 371 g/mol. The van der Waals surface area contributed by atoms with Crippen molar-refractivity contribution in [1.82, 2.24) is 4.31 Å². The number of aryl methyl sites for hydroxylation is 2. The van der Waals surface area contributed by atoms with Crippen LogP contribution in [0.25, 0.3) is 0 Å². The van der Waals surface area contributed by atoms with Crippen LogP contribution < -0.4 is 0 Å². The van der Waals surface area contributed by atoms with Crippen LogP contribution in [0.5, 0.6) is 0 Å². The summed E-state index contributed by atoms with van der Waals surface area (Å²) in [5, 5.41) is 0. The third-order valence-electron chi connectivity index (χ3n) is 4.77. The number of amides is 1. The zero-order valence-electron chi connectivity index (χ0n) is 14.0. The highest BCUT2D eigenvalue weighted by Crippen LogP contribution is 2.29. The van der Waals surface area contributed by atoms with E-state index in [-0.39, 0.29) is 23.6 Å². The summed E-state index contributed by atoms with van der Waals surface area (Å²) in [6, 6.07) is 11.6. The van der Waals surface area contributed by atoms with Gasteiger partial charge in [-0.05, 0) is 54.7 Å². The van der Waals surface area contributed by atoms with E-state index in [1.54, 1.807) is 18.2 Å². The second-order valence-electron chi connectivity index (χ2n) is 6.35. The lowest BCUT2D eigenvalue weighted by atomic mass is 10.1. The summed E-state index contributed by atoms with van der Waals surface area (Å²) in [5.74, 6) is -1.10. The van der Waals surface area contributed by atoms with Crippen LogP contribution in [0.1, 0.15) is 38.3 Å². The van der Waals surface area contributed by atoms with E-state index in [9.17, 15) is 18.0 Å². The fourth-order valence-electron chi connectivity index (χ4n) is 3.46. The number of ether oxygens (including phenoxy) is 1. The highest BCUT2D eigenvalue weighted by molar-refractivity contribution is 7.90. The number of sulfonamides is 1. The highest BCUT2D eigenvalue weighted by Gasteiger charge is 2.40. The number of carbonyl (C=O) groups is 2. The largest absolute Gasteiger partial charge is 0.460 e. The summed E-state index contributed by atoms with van der Waals surface area (Å²) in [7, 11) is -3.87. The van der Waals surface area contributed by atoms with Crippen molar-refractivity contribution in [1.29, 1.82) is 0 Å².